The van der Waals surface area contributed by atoms with Gasteiger partial charge in [-0.3, -0.25) is 0 Å². The number of nitriles is 1. The van der Waals surface area contributed by atoms with Crippen molar-refractivity contribution in [3.05, 3.63) is 98.3 Å². The van der Waals surface area contributed by atoms with E-state index in [4.69, 9.17) is 21.3 Å². The number of methoxy groups -OCH3 is 1. The van der Waals surface area contributed by atoms with Crippen molar-refractivity contribution in [2.45, 2.75) is 6.92 Å². The van der Waals surface area contributed by atoms with Crippen molar-refractivity contribution in [2.75, 3.05) is 12.0 Å². The van der Waals surface area contributed by atoms with E-state index in [1.807, 2.05) is 72.8 Å². The van der Waals surface area contributed by atoms with Gasteiger partial charge < -0.3 is 9.64 Å². The third-order valence-electron chi connectivity index (χ3n) is 5.27. The van der Waals surface area contributed by atoms with Gasteiger partial charge in [-0.2, -0.15) is 5.26 Å². The van der Waals surface area contributed by atoms with Crippen LogP contribution in [0, 0.1) is 11.3 Å². The summed E-state index contributed by atoms with van der Waals surface area (Å²) in [5, 5.41) is 12.5. The number of thioether (sulfide) groups is 1. The number of anilines is 1. The van der Waals surface area contributed by atoms with E-state index < -0.39 is 0 Å². The molecule has 0 saturated heterocycles. The van der Waals surface area contributed by atoms with Crippen LogP contribution in [0.3, 0.4) is 0 Å². The molecule has 5 rings (SSSR count). The van der Waals surface area contributed by atoms with Gasteiger partial charge in [-0.05, 0) is 48.9 Å². The van der Waals surface area contributed by atoms with Crippen LogP contribution in [-0.4, -0.2) is 12.1 Å². The van der Waals surface area contributed by atoms with Crippen LogP contribution in [0.4, 0.5) is 5.69 Å². The lowest BCUT2D eigenvalue weighted by Gasteiger charge is -2.25. The molecular formula is C26H18ClN3OS2. The second kappa shape index (κ2) is 8.95. The number of nitrogens with zero attached hydrogens (tertiary/aromatic N) is 3. The van der Waals surface area contributed by atoms with E-state index in [1.165, 1.54) is 11.3 Å². The standard InChI is InChI=1S/C26H18ClN3OS2/c1-16-24(17-10-12-18(27)13-11-17)30(19-6-5-7-20(14-19)31-2)26(32-16)21(15-28)25-29-22-8-3-4-9-23(22)33-25/h3-14H,1-2H3/b26-21+. The summed E-state index contributed by atoms with van der Waals surface area (Å²) in [5.74, 6) is 0.746. The van der Waals surface area contributed by atoms with Gasteiger partial charge >= 0.3 is 0 Å². The summed E-state index contributed by atoms with van der Waals surface area (Å²) in [6.45, 7) is 2.07. The monoisotopic (exact) mass is 487 g/mol. The zero-order chi connectivity index (χ0) is 22.9. The van der Waals surface area contributed by atoms with Crippen LogP contribution >= 0.6 is 34.7 Å². The minimum absolute atomic E-state index is 0.548. The van der Waals surface area contributed by atoms with Crippen LogP contribution in [0.1, 0.15) is 17.5 Å². The maximum Gasteiger partial charge on any atom is 0.137 e. The van der Waals surface area contributed by atoms with Gasteiger partial charge in [0.25, 0.3) is 0 Å². The van der Waals surface area contributed by atoms with E-state index in [9.17, 15) is 5.26 Å². The lowest BCUT2D eigenvalue weighted by atomic mass is 10.1. The molecule has 1 aliphatic heterocycles. The molecule has 1 aromatic heterocycles. The van der Waals surface area contributed by atoms with E-state index in [1.54, 1.807) is 18.9 Å². The van der Waals surface area contributed by atoms with Crippen LogP contribution < -0.4 is 9.64 Å². The SMILES string of the molecule is COc1cccc(N2C(c3ccc(Cl)cc3)=C(C)S/C2=C(\C#N)c2nc3ccccc3s2)c1. The molecule has 33 heavy (non-hydrogen) atoms. The second-order valence-corrected chi connectivity index (χ2v) is 10.00. The summed E-state index contributed by atoms with van der Waals surface area (Å²) in [7, 11) is 1.65. The number of ether oxygens (including phenoxy) is 1. The number of fused-ring (bicyclic) bond motifs is 1. The summed E-state index contributed by atoms with van der Waals surface area (Å²) in [6.07, 6.45) is 0. The Morgan fingerprint density at radius 1 is 1.06 bits per heavy atom. The zero-order valence-corrected chi connectivity index (χ0v) is 20.3. The van der Waals surface area contributed by atoms with Crippen LogP contribution in [0.25, 0.3) is 21.5 Å². The molecule has 4 nitrogen and oxygen atoms in total. The Kier molecular flexibility index (Phi) is 5.86. The highest BCUT2D eigenvalue weighted by Gasteiger charge is 2.32. The van der Waals surface area contributed by atoms with E-state index in [2.05, 4.69) is 17.9 Å². The molecule has 0 amide bonds. The van der Waals surface area contributed by atoms with E-state index in [0.29, 0.717) is 15.6 Å². The fourth-order valence-electron chi connectivity index (χ4n) is 3.76. The Morgan fingerprint density at radius 2 is 1.85 bits per heavy atom. The Labute approximate surface area is 205 Å². The number of allylic oxidation sites excluding steroid dienone is 2. The first kappa shape index (κ1) is 21.6. The lowest BCUT2D eigenvalue weighted by molar-refractivity contribution is 0.415. The normalized spacial score (nSPS) is 15.2. The van der Waals surface area contributed by atoms with Gasteiger partial charge in [0, 0.05) is 16.0 Å². The summed E-state index contributed by atoms with van der Waals surface area (Å²) in [6, 6.07) is 26.0. The summed E-state index contributed by atoms with van der Waals surface area (Å²) < 4.78 is 6.54. The van der Waals surface area contributed by atoms with Gasteiger partial charge in [0.1, 0.15) is 27.4 Å². The molecule has 1 aliphatic rings. The van der Waals surface area contributed by atoms with Crippen molar-refractivity contribution in [1.29, 1.82) is 5.26 Å². The van der Waals surface area contributed by atoms with Gasteiger partial charge in [-0.25, -0.2) is 4.98 Å². The molecule has 7 heteroatoms. The van der Waals surface area contributed by atoms with Gasteiger partial charge in [0.15, 0.2) is 0 Å². The van der Waals surface area contributed by atoms with Gasteiger partial charge in [-0.1, -0.05) is 53.7 Å². The second-order valence-electron chi connectivity index (χ2n) is 7.33. The number of hydrogen-bond acceptors (Lipinski definition) is 6. The largest absolute Gasteiger partial charge is 0.497 e. The average Bonchev–Trinajstić information content (AvgIpc) is 3.41. The molecule has 2 heterocycles. The van der Waals surface area contributed by atoms with Crippen molar-refractivity contribution in [1.82, 2.24) is 4.98 Å². The lowest BCUT2D eigenvalue weighted by Crippen LogP contribution is -2.17. The molecule has 0 aliphatic carbocycles. The number of para-hydroxylation sites is 1. The highest BCUT2D eigenvalue weighted by atomic mass is 35.5. The van der Waals surface area contributed by atoms with Crippen molar-refractivity contribution >= 4 is 61.9 Å². The Bertz CT molecular complexity index is 1430. The first-order valence-corrected chi connectivity index (χ1v) is 12.2. The number of rotatable bonds is 4. The Morgan fingerprint density at radius 3 is 2.58 bits per heavy atom. The molecule has 4 aromatic rings. The molecule has 162 valence electrons. The molecule has 0 spiro atoms. The molecule has 0 atom stereocenters. The van der Waals surface area contributed by atoms with Crippen molar-refractivity contribution in [3.8, 4) is 11.8 Å². The van der Waals surface area contributed by atoms with Crippen LogP contribution in [0.5, 0.6) is 5.75 Å². The summed E-state index contributed by atoms with van der Waals surface area (Å²) >= 11 is 9.27. The highest BCUT2D eigenvalue weighted by molar-refractivity contribution is 8.07. The quantitative estimate of drug-likeness (QED) is 0.275. The van der Waals surface area contributed by atoms with E-state index >= 15 is 0 Å². The average molecular weight is 488 g/mol. The molecule has 0 unspecified atom stereocenters. The van der Waals surface area contributed by atoms with Crippen LogP contribution in [-0.2, 0) is 0 Å². The predicted octanol–water partition coefficient (Wildman–Crippen LogP) is 7.79. The fraction of sp³-hybridized carbons (Fsp3) is 0.0769. The molecule has 0 saturated carbocycles. The number of hydrogen-bond donors (Lipinski definition) is 0. The van der Waals surface area contributed by atoms with E-state index in [0.717, 1.165) is 42.8 Å². The smallest absolute Gasteiger partial charge is 0.137 e. The third kappa shape index (κ3) is 4.00. The van der Waals surface area contributed by atoms with Gasteiger partial charge in [0.2, 0.25) is 0 Å². The first-order chi connectivity index (χ1) is 16.1. The van der Waals surface area contributed by atoms with Crippen LogP contribution in [0.2, 0.25) is 5.02 Å². The fourth-order valence-corrected chi connectivity index (χ4v) is 6.04. The van der Waals surface area contributed by atoms with Crippen molar-refractivity contribution in [2.24, 2.45) is 0 Å². The maximum absolute atomic E-state index is 10.3. The van der Waals surface area contributed by atoms with Crippen molar-refractivity contribution in [3.63, 3.8) is 0 Å². The Balaban J connectivity index is 1.73. The number of aromatic nitrogens is 1. The number of benzene rings is 3. The summed E-state index contributed by atoms with van der Waals surface area (Å²) in [4.78, 5) is 7.97. The number of halogens is 1. The minimum Gasteiger partial charge on any atom is -0.497 e. The predicted molar refractivity (Wildman–Crippen MR) is 139 cm³/mol. The van der Waals surface area contributed by atoms with Gasteiger partial charge in [0.05, 0.1) is 28.7 Å². The van der Waals surface area contributed by atoms with E-state index in [-0.39, 0.29) is 0 Å². The van der Waals surface area contributed by atoms with Gasteiger partial charge in [-0.15, -0.1) is 11.3 Å². The Hall–Kier alpha value is -3.24. The third-order valence-corrected chi connectivity index (χ3v) is 7.66. The molecule has 3 aromatic carbocycles. The maximum atomic E-state index is 10.3. The zero-order valence-electron chi connectivity index (χ0n) is 17.9. The number of thiazole rings is 1. The minimum atomic E-state index is 0.548. The van der Waals surface area contributed by atoms with Crippen LogP contribution in [0.15, 0.2) is 82.7 Å². The first-order valence-electron chi connectivity index (χ1n) is 10.2. The molecule has 0 radical (unpaired) electrons. The molecule has 0 N–H and O–H groups in total. The topological polar surface area (TPSA) is 49.1 Å². The van der Waals surface area contributed by atoms with Crippen molar-refractivity contribution < 1.29 is 4.74 Å². The summed E-state index contributed by atoms with van der Waals surface area (Å²) in [5.41, 5.74) is 4.38. The molecule has 0 bridgehead atoms. The highest BCUT2D eigenvalue weighted by Crippen LogP contribution is 2.51. The molecule has 0 fully saturated rings. The molecular weight excluding hydrogens is 470 g/mol.